The molecule has 0 aliphatic heterocycles. The zero-order valence-corrected chi connectivity index (χ0v) is 10.7. The third-order valence-electron chi connectivity index (χ3n) is 2.17. The first-order valence-electron chi connectivity index (χ1n) is 5.51. The van der Waals surface area contributed by atoms with Crippen LogP contribution in [0.1, 0.15) is 6.92 Å². The average Bonchev–Trinajstić information content (AvgIpc) is 2.35. The number of amides is 2. The Bertz CT molecular complexity index is 385. The summed E-state index contributed by atoms with van der Waals surface area (Å²) in [6, 6.07) is 4.65. The van der Waals surface area contributed by atoms with Gasteiger partial charge in [-0.1, -0.05) is 0 Å². The maximum atomic E-state index is 11.5. The largest absolute Gasteiger partial charge is 0.497 e. The van der Waals surface area contributed by atoms with E-state index in [2.05, 4.69) is 10.6 Å². The number of hydrogen-bond acceptors (Lipinski definition) is 4. The lowest BCUT2D eigenvalue weighted by Gasteiger charge is -2.11. The lowest BCUT2D eigenvalue weighted by Crippen LogP contribution is -2.34. The molecule has 0 heterocycles. The van der Waals surface area contributed by atoms with Gasteiger partial charge >= 0.3 is 6.03 Å². The van der Waals surface area contributed by atoms with Crippen LogP contribution in [-0.4, -0.2) is 38.0 Å². The third-order valence-corrected chi connectivity index (χ3v) is 2.17. The van der Waals surface area contributed by atoms with Gasteiger partial charge in [0.15, 0.2) is 0 Å². The highest BCUT2D eigenvalue weighted by Gasteiger charge is 2.06. The molecule has 0 fully saturated rings. The molecule has 6 heteroatoms. The van der Waals surface area contributed by atoms with Crippen LogP contribution in [0.3, 0.4) is 0 Å². The number of hydrogen-bond donors (Lipinski definition) is 3. The molecule has 2 amide bonds. The quantitative estimate of drug-likeness (QED) is 0.737. The van der Waals surface area contributed by atoms with Crippen molar-refractivity contribution in [2.75, 3.05) is 26.1 Å². The first kappa shape index (κ1) is 14.1. The van der Waals surface area contributed by atoms with Crippen LogP contribution in [0.15, 0.2) is 18.2 Å². The number of aliphatic hydroxyl groups excluding tert-OH is 1. The van der Waals surface area contributed by atoms with E-state index in [1.165, 1.54) is 14.2 Å². The summed E-state index contributed by atoms with van der Waals surface area (Å²) in [6.07, 6.45) is -0.587. The molecule has 0 bridgehead atoms. The molecule has 1 unspecified atom stereocenters. The minimum Gasteiger partial charge on any atom is -0.497 e. The minimum absolute atomic E-state index is 0.187. The van der Waals surface area contributed by atoms with Gasteiger partial charge in [-0.2, -0.15) is 0 Å². The lowest BCUT2D eigenvalue weighted by molar-refractivity contribution is 0.190. The summed E-state index contributed by atoms with van der Waals surface area (Å²) in [6.45, 7) is 1.78. The number of carbonyl (C=O) groups is 1. The number of anilines is 1. The summed E-state index contributed by atoms with van der Waals surface area (Å²) in [7, 11) is 3.07. The van der Waals surface area contributed by atoms with Gasteiger partial charge in [0.1, 0.15) is 11.5 Å². The maximum absolute atomic E-state index is 11.5. The van der Waals surface area contributed by atoms with E-state index in [1.54, 1.807) is 25.1 Å². The van der Waals surface area contributed by atoms with Crippen molar-refractivity contribution in [3.63, 3.8) is 0 Å². The minimum atomic E-state index is -0.587. The Morgan fingerprint density at radius 2 is 1.83 bits per heavy atom. The van der Waals surface area contributed by atoms with E-state index in [0.29, 0.717) is 17.2 Å². The molecule has 18 heavy (non-hydrogen) atoms. The van der Waals surface area contributed by atoms with E-state index in [1.807, 2.05) is 0 Å². The van der Waals surface area contributed by atoms with Crippen molar-refractivity contribution in [3.8, 4) is 11.5 Å². The van der Waals surface area contributed by atoms with Crippen LogP contribution in [0.4, 0.5) is 10.5 Å². The van der Waals surface area contributed by atoms with Crippen LogP contribution in [-0.2, 0) is 0 Å². The second-order valence-corrected chi connectivity index (χ2v) is 3.79. The number of benzene rings is 1. The molecule has 0 spiro atoms. The van der Waals surface area contributed by atoms with Gasteiger partial charge in [0.05, 0.1) is 20.3 Å². The molecule has 6 nitrogen and oxygen atoms in total. The molecule has 0 saturated heterocycles. The van der Waals surface area contributed by atoms with Crippen molar-refractivity contribution in [2.24, 2.45) is 0 Å². The molecule has 1 atom stereocenters. The predicted molar refractivity (Wildman–Crippen MR) is 68.2 cm³/mol. The SMILES string of the molecule is COc1cc(NC(=O)NCC(C)O)cc(OC)c1. The van der Waals surface area contributed by atoms with Crippen molar-refractivity contribution in [1.29, 1.82) is 0 Å². The van der Waals surface area contributed by atoms with Gasteiger partial charge in [0.2, 0.25) is 0 Å². The molecule has 0 radical (unpaired) electrons. The van der Waals surface area contributed by atoms with E-state index in [0.717, 1.165) is 0 Å². The molecule has 100 valence electrons. The second-order valence-electron chi connectivity index (χ2n) is 3.79. The number of ether oxygens (including phenoxy) is 2. The number of aliphatic hydroxyl groups is 1. The molecule has 0 aromatic heterocycles. The van der Waals surface area contributed by atoms with E-state index < -0.39 is 12.1 Å². The molecule has 0 aliphatic rings. The summed E-state index contributed by atoms with van der Waals surface area (Å²) >= 11 is 0. The lowest BCUT2D eigenvalue weighted by atomic mass is 10.3. The summed E-state index contributed by atoms with van der Waals surface area (Å²) in [4.78, 5) is 11.5. The van der Waals surface area contributed by atoms with Gasteiger partial charge < -0.3 is 25.2 Å². The molecule has 3 N–H and O–H groups in total. The average molecular weight is 254 g/mol. The first-order valence-corrected chi connectivity index (χ1v) is 5.51. The van der Waals surface area contributed by atoms with Crippen LogP contribution in [0.2, 0.25) is 0 Å². The highest BCUT2D eigenvalue weighted by molar-refractivity contribution is 5.89. The molecular formula is C12H18N2O4. The standard InChI is InChI=1S/C12H18N2O4/c1-8(15)7-13-12(16)14-9-4-10(17-2)6-11(5-9)18-3/h4-6,8,15H,7H2,1-3H3,(H2,13,14,16). The monoisotopic (exact) mass is 254 g/mol. The van der Waals surface area contributed by atoms with E-state index in [9.17, 15) is 4.79 Å². The molecule has 1 rings (SSSR count). The van der Waals surface area contributed by atoms with Crippen molar-refractivity contribution in [1.82, 2.24) is 5.32 Å². The number of methoxy groups -OCH3 is 2. The van der Waals surface area contributed by atoms with Crippen molar-refractivity contribution in [2.45, 2.75) is 13.0 Å². The summed E-state index contributed by atoms with van der Waals surface area (Å²) < 4.78 is 10.2. The zero-order valence-electron chi connectivity index (χ0n) is 10.7. The Morgan fingerprint density at radius 3 is 2.28 bits per heavy atom. The Labute approximate surface area is 106 Å². The van der Waals surface area contributed by atoms with Crippen LogP contribution >= 0.6 is 0 Å². The fourth-order valence-corrected chi connectivity index (χ4v) is 1.30. The normalized spacial score (nSPS) is 11.6. The van der Waals surface area contributed by atoms with Crippen LogP contribution in [0, 0.1) is 0 Å². The molecule has 1 aromatic rings. The molecule has 1 aromatic carbocycles. The number of rotatable bonds is 5. The molecule has 0 saturated carbocycles. The van der Waals surface area contributed by atoms with E-state index in [4.69, 9.17) is 14.6 Å². The molecule has 0 aliphatic carbocycles. The Hall–Kier alpha value is -1.95. The number of nitrogens with one attached hydrogen (secondary N) is 2. The van der Waals surface area contributed by atoms with Crippen molar-refractivity contribution >= 4 is 11.7 Å². The summed E-state index contributed by atoms with van der Waals surface area (Å²) in [5.41, 5.74) is 0.550. The third kappa shape index (κ3) is 4.50. The zero-order chi connectivity index (χ0) is 13.5. The van der Waals surface area contributed by atoms with Crippen molar-refractivity contribution in [3.05, 3.63) is 18.2 Å². The fraction of sp³-hybridized carbons (Fsp3) is 0.417. The number of carbonyl (C=O) groups excluding carboxylic acids is 1. The van der Waals surface area contributed by atoms with Gasteiger partial charge in [0, 0.05) is 30.4 Å². The summed E-state index contributed by atoms with van der Waals surface area (Å²) in [5.74, 6) is 1.17. The van der Waals surface area contributed by atoms with Gasteiger partial charge in [-0.3, -0.25) is 0 Å². The highest BCUT2D eigenvalue weighted by Crippen LogP contribution is 2.25. The predicted octanol–water partition coefficient (Wildman–Crippen LogP) is 1.21. The topological polar surface area (TPSA) is 79.8 Å². The number of urea groups is 1. The van der Waals surface area contributed by atoms with Crippen LogP contribution in [0.25, 0.3) is 0 Å². The highest BCUT2D eigenvalue weighted by atomic mass is 16.5. The summed E-state index contributed by atoms with van der Waals surface area (Å²) in [5, 5.41) is 14.2. The van der Waals surface area contributed by atoms with Gasteiger partial charge in [-0.05, 0) is 6.92 Å². The Balaban J connectivity index is 2.68. The van der Waals surface area contributed by atoms with Gasteiger partial charge in [-0.25, -0.2) is 4.79 Å². The van der Waals surface area contributed by atoms with Crippen LogP contribution < -0.4 is 20.1 Å². The Kier molecular flexibility index (Phi) is 5.26. The second kappa shape index (κ2) is 6.70. The van der Waals surface area contributed by atoms with Crippen LogP contribution in [0.5, 0.6) is 11.5 Å². The smallest absolute Gasteiger partial charge is 0.319 e. The van der Waals surface area contributed by atoms with E-state index in [-0.39, 0.29) is 6.54 Å². The van der Waals surface area contributed by atoms with E-state index >= 15 is 0 Å². The fourth-order valence-electron chi connectivity index (χ4n) is 1.30. The van der Waals surface area contributed by atoms with Gasteiger partial charge in [0.25, 0.3) is 0 Å². The van der Waals surface area contributed by atoms with Gasteiger partial charge in [-0.15, -0.1) is 0 Å². The maximum Gasteiger partial charge on any atom is 0.319 e. The Morgan fingerprint density at radius 1 is 1.28 bits per heavy atom. The molecular weight excluding hydrogens is 236 g/mol. The first-order chi connectivity index (χ1) is 8.55. The van der Waals surface area contributed by atoms with Crippen molar-refractivity contribution < 1.29 is 19.4 Å².